The third kappa shape index (κ3) is 4.14. The molecule has 18 heavy (non-hydrogen) atoms. The van der Waals surface area contributed by atoms with Gasteiger partial charge in [-0.05, 0) is 26.4 Å². The maximum Gasteiger partial charge on any atom is 0.134 e. The number of hydrogen-bond acceptors (Lipinski definition) is 5. The van der Waals surface area contributed by atoms with Gasteiger partial charge in [-0.25, -0.2) is 9.97 Å². The molecule has 0 saturated carbocycles. The predicted molar refractivity (Wildman–Crippen MR) is 77.1 cm³/mol. The zero-order valence-corrected chi connectivity index (χ0v) is 12.3. The van der Waals surface area contributed by atoms with Crippen molar-refractivity contribution in [2.45, 2.75) is 20.8 Å². The van der Waals surface area contributed by atoms with Gasteiger partial charge in [0.15, 0.2) is 0 Å². The van der Waals surface area contributed by atoms with Crippen molar-refractivity contribution in [1.82, 2.24) is 14.9 Å². The highest BCUT2D eigenvalue weighted by Crippen LogP contribution is 2.21. The van der Waals surface area contributed by atoms with Crippen molar-refractivity contribution in [3.8, 4) is 0 Å². The van der Waals surface area contributed by atoms with Crippen molar-refractivity contribution in [3.63, 3.8) is 0 Å². The third-order valence-corrected chi connectivity index (χ3v) is 2.80. The lowest BCUT2D eigenvalue weighted by atomic mass is 9.93. The van der Waals surface area contributed by atoms with Gasteiger partial charge in [0.05, 0.1) is 0 Å². The Morgan fingerprint density at radius 3 is 2.39 bits per heavy atom. The molecular weight excluding hydrogens is 226 g/mol. The second-order valence-corrected chi connectivity index (χ2v) is 5.70. The van der Waals surface area contributed by atoms with Gasteiger partial charge in [-0.2, -0.15) is 0 Å². The monoisotopic (exact) mass is 251 g/mol. The minimum atomic E-state index is 0.195. The summed E-state index contributed by atoms with van der Waals surface area (Å²) < 4.78 is 0. The molecule has 1 heterocycles. The van der Waals surface area contributed by atoms with Gasteiger partial charge in [-0.1, -0.05) is 13.8 Å². The fraction of sp³-hybridized carbons (Fsp3) is 0.692. The van der Waals surface area contributed by atoms with Gasteiger partial charge in [-0.3, -0.25) is 0 Å². The number of hydrogen-bond donors (Lipinski definition) is 2. The van der Waals surface area contributed by atoms with E-state index in [0.717, 1.165) is 30.3 Å². The van der Waals surface area contributed by atoms with E-state index < -0.39 is 0 Å². The van der Waals surface area contributed by atoms with Crippen LogP contribution in [-0.4, -0.2) is 49.1 Å². The van der Waals surface area contributed by atoms with Crippen molar-refractivity contribution < 1.29 is 0 Å². The summed E-state index contributed by atoms with van der Waals surface area (Å²) in [5, 5.41) is 6.48. The van der Waals surface area contributed by atoms with Crippen molar-refractivity contribution in [2.24, 2.45) is 5.41 Å². The lowest BCUT2D eigenvalue weighted by Crippen LogP contribution is -2.34. The first kappa shape index (κ1) is 14.7. The highest BCUT2D eigenvalue weighted by Gasteiger charge is 2.19. The Kier molecular flexibility index (Phi) is 4.90. The van der Waals surface area contributed by atoms with E-state index >= 15 is 0 Å². The van der Waals surface area contributed by atoms with Crippen LogP contribution in [0.25, 0.3) is 0 Å². The van der Waals surface area contributed by atoms with Crippen LogP contribution < -0.4 is 10.6 Å². The zero-order chi connectivity index (χ0) is 13.8. The van der Waals surface area contributed by atoms with Gasteiger partial charge in [0.25, 0.3) is 0 Å². The van der Waals surface area contributed by atoms with Gasteiger partial charge in [0.1, 0.15) is 18.0 Å². The van der Waals surface area contributed by atoms with Crippen molar-refractivity contribution in [1.29, 1.82) is 0 Å². The van der Waals surface area contributed by atoms with Gasteiger partial charge in [0, 0.05) is 25.7 Å². The summed E-state index contributed by atoms with van der Waals surface area (Å²) in [6.45, 7) is 8.42. The molecule has 0 atom stereocenters. The molecule has 2 N–H and O–H groups in total. The molecule has 0 aliphatic carbocycles. The average molecular weight is 251 g/mol. The first-order valence-corrected chi connectivity index (χ1v) is 6.23. The Hall–Kier alpha value is -1.36. The molecule has 1 aromatic heterocycles. The molecule has 0 aliphatic heterocycles. The topological polar surface area (TPSA) is 53.1 Å². The number of nitrogens with zero attached hydrogens (tertiary/aromatic N) is 3. The van der Waals surface area contributed by atoms with E-state index in [2.05, 4.69) is 53.4 Å². The molecule has 1 aromatic rings. The van der Waals surface area contributed by atoms with Crippen molar-refractivity contribution in [2.75, 3.05) is 44.9 Å². The maximum absolute atomic E-state index is 4.29. The zero-order valence-electron chi connectivity index (χ0n) is 12.3. The molecule has 5 nitrogen and oxygen atoms in total. The van der Waals surface area contributed by atoms with Gasteiger partial charge >= 0.3 is 0 Å². The van der Waals surface area contributed by atoms with Gasteiger partial charge in [-0.15, -0.1) is 0 Å². The molecule has 0 bridgehead atoms. The summed E-state index contributed by atoms with van der Waals surface area (Å²) in [5.74, 6) is 1.78. The summed E-state index contributed by atoms with van der Waals surface area (Å²) in [6, 6.07) is 0. The summed E-state index contributed by atoms with van der Waals surface area (Å²) in [7, 11) is 6.06. The highest BCUT2D eigenvalue weighted by atomic mass is 15.1. The third-order valence-electron chi connectivity index (χ3n) is 2.80. The van der Waals surface area contributed by atoms with E-state index in [1.807, 2.05) is 14.0 Å². The molecule has 0 spiro atoms. The fourth-order valence-electron chi connectivity index (χ4n) is 2.12. The van der Waals surface area contributed by atoms with Crippen LogP contribution in [0.2, 0.25) is 0 Å². The fourth-order valence-corrected chi connectivity index (χ4v) is 2.12. The Bertz CT molecular complexity index is 387. The molecule has 0 fully saturated rings. The van der Waals surface area contributed by atoms with E-state index in [9.17, 15) is 0 Å². The smallest absolute Gasteiger partial charge is 0.134 e. The van der Waals surface area contributed by atoms with E-state index in [4.69, 9.17) is 0 Å². The molecule has 0 aromatic carbocycles. The summed E-state index contributed by atoms with van der Waals surface area (Å²) in [6.07, 6.45) is 1.58. The maximum atomic E-state index is 4.29. The minimum Gasteiger partial charge on any atom is -0.373 e. The number of rotatable bonds is 6. The van der Waals surface area contributed by atoms with Gasteiger partial charge < -0.3 is 15.5 Å². The number of nitrogens with one attached hydrogen (secondary N) is 2. The Balaban J connectivity index is 2.69. The minimum absolute atomic E-state index is 0.195. The lowest BCUT2D eigenvalue weighted by molar-refractivity contribution is 0.254. The van der Waals surface area contributed by atoms with E-state index in [0.29, 0.717) is 0 Å². The largest absolute Gasteiger partial charge is 0.373 e. The number of anilines is 2. The van der Waals surface area contributed by atoms with Crippen LogP contribution in [0, 0.1) is 12.3 Å². The molecule has 0 saturated heterocycles. The molecule has 1 rings (SSSR count). The number of aromatic nitrogens is 2. The molecule has 0 radical (unpaired) electrons. The van der Waals surface area contributed by atoms with Gasteiger partial charge in [0.2, 0.25) is 0 Å². The van der Waals surface area contributed by atoms with Crippen LogP contribution >= 0.6 is 0 Å². The molecule has 5 heteroatoms. The van der Waals surface area contributed by atoms with Crippen LogP contribution in [0.3, 0.4) is 0 Å². The summed E-state index contributed by atoms with van der Waals surface area (Å²) in [4.78, 5) is 10.7. The van der Waals surface area contributed by atoms with Crippen LogP contribution in [0.1, 0.15) is 19.4 Å². The second-order valence-electron chi connectivity index (χ2n) is 5.70. The van der Waals surface area contributed by atoms with Crippen LogP contribution in [0.15, 0.2) is 6.33 Å². The first-order chi connectivity index (χ1) is 8.35. The normalized spacial score (nSPS) is 11.7. The molecule has 102 valence electrons. The van der Waals surface area contributed by atoms with Crippen molar-refractivity contribution in [3.05, 3.63) is 11.9 Å². The lowest BCUT2D eigenvalue weighted by Gasteiger charge is -2.29. The Labute approximate surface area is 110 Å². The first-order valence-electron chi connectivity index (χ1n) is 6.23. The summed E-state index contributed by atoms with van der Waals surface area (Å²) >= 11 is 0. The molecule has 0 amide bonds. The summed E-state index contributed by atoms with van der Waals surface area (Å²) in [5.41, 5.74) is 1.25. The molecule has 0 aliphatic rings. The van der Waals surface area contributed by atoms with Crippen LogP contribution in [0.5, 0.6) is 0 Å². The molecule has 0 unspecified atom stereocenters. The quantitative estimate of drug-likeness (QED) is 0.808. The van der Waals surface area contributed by atoms with Crippen molar-refractivity contribution >= 4 is 11.6 Å². The standard InChI is InChI=1S/C13H25N5/c1-10-11(14-4)16-9-17-12(10)15-7-13(2,3)8-18(5)6/h9H,7-8H2,1-6H3,(H2,14,15,16,17). The highest BCUT2D eigenvalue weighted by molar-refractivity contribution is 5.56. The average Bonchev–Trinajstić information content (AvgIpc) is 2.26. The van der Waals surface area contributed by atoms with Crippen LogP contribution in [-0.2, 0) is 0 Å². The van der Waals surface area contributed by atoms with E-state index in [1.54, 1.807) is 6.33 Å². The Morgan fingerprint density at radius 1 is 1.22 bits per heavy atom. The predicted octanol–water partition coefficient (Wildman–Crippen LogP) is 1.83. The Morgan fingerprint density at radius 2 is 1.83 bits per heavy atom. The second kappa shape index (κ2) is 6.00. The van der Waals surface area contributed by atoms with E-state index in [-0.39, 0.29) is 5.41 Å². The van der Waals surface area contributed by atoms with E-state index in [1.165, 1.54) is 0 Å². The molecular formula is C13H25N5. The van der Waals surface area contributed by atoms with Crippen LogP contribution in [0.4, 0.5) is 11.6 Å². The SMILES string of the molecule is CNc1ncnc(NCC(C)(C)CN(C)C)c1C.